The molecule has 0 amide bonds. The van der Waals surface area contributed by atoms with Crippen molar-refractivity contribution in [3.8, 4) is 0 Å². The van der Waals surface area contributed by atoms with Gasteiger partial charge in [0.1, 0.15) is 0 Å². The number of benzene rings is 1. The third-order valence-corrected chi connectivity index (χ3v) is 2.73. The molecular formula is C12H14N2O2. The number of ether oxygens (including phenoxy) is 1. The number of carbonyl (C=O) groups excluding carboxylic acids is 1. The van der Waals surface area contributed by atoms with Gasteiger partial charge in [-0.25, -0.2) is 0 Å². The number of hydrogen-bond acceptors (Lipinski definition) is 3. The Hall–Kier alpha value is -1.81. The van der Waals surface area contributed by atoms with E-state index in [0.717, 1.165) is 16.5 Å². The first-order valence-corrected chi connectivity index (χ1v) is 5.12. The molecule has 0 saturated carbocycles. The van der Waals surface area contributed by atoms with Crippen molar-refractivity contribution in [1.82, 2.24) is 4.98 Å². The second kappa shape index (κ2) is 4.37. The Morgan fingerprint density at radius 2 is 2.31 bits per heavy atom. The third-order valence-electron chi connectivity index (χ3n) is 2.73. The zero-order chi connectivity index (χ0) is 11.5. The van der Waals surface area contributed by atoms with Crippen LogP contribution in [0.2, 0.25) is 0 Å². The van der Waals surface area contributed by atoms with E-state index in [1.54, 1.807) is 0 Å². The molecule has 84 valence electrons. The number of carbonyl (C=O) groups is 1. The second-order valence-corrected chi connectivity index (χ2v) is 3.60. The van der Waals surface area contributed by atoms with E-state index < -0.39 is 5.92 Å². The van der Waals surface area contributed by atoms with Crippen molar-refractivity contribution in [3.63, 3.8) is 0 Å². The highest BCUT2D eigenvalue weighted by atomic mass is 16.5. The van der Waals surface area contributed by atoms with E-state index in [1.807, 2.05) is 30.5 Å². The van der Waals surface area contributed by atoms with Gasteiger partial charge in [0.2, 0.25) is 0 Å². The highest BCUT2D eigenvalue weighted by Gasteiger charge is 2.21. The molecule has 0 saturated heterocycles. The van der Waals surface area contributed by atoms with Crippen LogP contribution in [0.25, 0.3) is 10.9 Å². The molecule has 4 nitrogen and oxygen atoms in total. The molecule has 1 aromatic heterocycles. The lowest BCUT2D eigenvalue weighted by Crippen LogP contribution is -2.22. The van der Waals surface area contributed by atoms with Gasteiger partial charge in [-0.2, -0.15) is 0 Å². The predicted octanol–water partition coefficient (Wildman–Crippen LogP) is 1.38. The average Bonchev–Trinajstić information content (AvgIpc) is 2.78. The standard InChI is InChI=1S/C12H14N2O2/c1-16-12(15)10(7-13)8-3-2-4-11-9(8)5-6-14-11/h2-6,10,14H,7,13H2,1H3. The highest BCUT2D eigenvalue weighted by Crippen LogP contribution is 2.25. The predicted molar refractivity (Wildman–Crippen MR) is 62.1 cm³/mol. The maximum absolute atomic E-state index is 11.6. The number of nitrogens with two attached hydrogens (primary N) is 1. The minimum absolute atomic E-state index is 0.247. The van der Waals surface area contributed by atoms with Gasteiger partial charge in [0.15, 0.2) is 0 Å². The van der Waals surface area contributed by atoms with Gasteiger partial charge in [0.25, 0.3) is 0 Å². The summed E-state index contributed by atoms with van der Waals surface area (Å²) in [6.07, 6.45) is 1.85. The number of hydrogen-bond donors (Lipinski definition) is 2. The molecular weight excluding hydrogens is 204 g/mol. The molecule has 0 radical (unpaired) electrons. The van der Waals surface area contributed by atoms with Gasteiger partial charge in [-0.15, -0.1) is 0 Å². The van der Waals surface area contributed by atoms with Crippen LogP contribution >= 0.6 is 0 Å². The molecule has 1 unspecified atom stereocenters. The van der Waals surface area contributed by atoms with Crippen molar-refractivity contribution in [3.05, 3.63) is 36.0 Å². The maximum atomic E-state index is 11.6. The Morgan fingerprint density at radius 1 is 1.50 bits per heavy atom. The fourth-order valence-electron chi connectivity index (χ4n) is 1.91. The van der Waals surface area contributed by atoms with Gasteiger partial charge in [-0.05, 0) is 17.7 Å². The zero-order valence-corrected chi connectivity index (χ0v) is 9.07. The number of esters is 1. The molecule has 4 heteroatoms. The lowest BCUT2D eigenvalue weighted by Gasteiger charge is -2.13. The monoisotopic (exact) mass is 218 g/mol. The fraction of sp³-hybridized carbons (Fsp3) is 0.250. The zero-order valence-electron chi connectivity index (χ0n) is 9.07. The SMILES string of the molecule is COC(=O)C(CN)c1cccc2[nH]ccc12. The summed E-state index contributed by atoms with van der Waals surface area (Å²) in [5.74, 6) is -0.694. The smallest absolute Gasteiger partial charge is 0.314 e. The number of fused-ring (bicyclic) bond motifs is 1. The van der Waals surface area contributed by atoms with Crippen molar-refractivity contribution in [2.24, 2.45) is 5.73 Å². The summed E-state index contributed by atoms with van der Waals surface area (Å²) in [4.78, 5) is 14.7. The number of nitrogens with one attached hydrogen (secondary N) is 1. The normalized spacial score (nSPS) is 12.6. The van der Waals surface area contributed by atoms with E-state index in [9.17, 15) is 4.79 Å². The van der Waals surface area contributed by atoms with Crippen molar-refractivity contribution in [2.75, 3.05) is 13.7 Å². The Bertz CT molecular complexity index is 504. The molecule has 1 atom stereocenters. The van der Waals surface area contributed by atoms with Crippen molar-refractivity contribution in [1.29, 1.82) is 0 Å². The van der Waals surface area contributed by atoms with Gasteiger partial charge < -0.3 is 15.5 Å². The molecule has 16 heavy (non-hydrogen) atoms. The third kappa shape index (κ3) is 1.67. The Morgan fingerprint density at radius 3 is 3.00 bits per heavy atom. The van der Waals surface area contributed by atoms with Gasteiger partial charge in [-0.1, -0.05) is 12.1 Å². The summed E-state index contributed by atoms with van der Waals surface area (Å²) >= 11 is 0. The molecule has 1 aromatic carbocycles. The maximum Gasteiger partial charge on any atom is 0.314 e. The fourth-order valence-corrected chi connectivity index (χ4v) is 1.91. The largest absolute Gasteiger partial charge is 0.469 e. The Kier molecular flexibility index (Phi) is 2.92. The van der Waals surface area contributed by atoms with Crippen LogP contribution in [0.3, 0.4) is 0 Å². The number of methoxy groups -OCH3 is 1. The lowest BCUT2D eigenvalue weighted by molar-refractivity contribution is -0.142. The Balaban J connectivity index is 2.52. The van der Waals surface area contributed by atoms with Gasteiger partial charge >= 0.3 is 5.97 Å². The quantitative estimate of drug-likeness (QED) is 0.765. The number of rotatable bonds is 3. The summed E-state index contributed by atoms with van der Waals surface area (Å²) < 4.78 is 4.75. The van der Waals surface area contributed by atoms with E-state index in [1.165, 1.54) is 7.11 Å². The van der Waals surface area contributed by atoms with Crippen LogP contribution in [0.4, 0.5) is 0 Å². The number of H-pyrrole nitrogens is 1. The van der Waals surface area contributed by atoms with Crippen LogP contribution in [0.15, 0.2) is 30.5 Å². The van der Waals surface area contributed by atoms with Crippen LogP contribution in [-0.4, -0.2) is 24.6 Å². The van der Waals surface area contributed by atoms with E-state index in [0.29, 0.717) is 0 Å². The molecule has 1 heterocycles. The molecule has 0 aliphatic carbocycles. The van der Waals surface area contributed by atoms with Crippen molar-refractivity contribution >= 4 is 16.9 Å². The lowest BCUT2D eigenvalue weighted by atomic mass is 9.96. The molecule has 0 fully saturated rings. The molecule has 2 rings (SSSR count). The molecule has 2 aromatic rings. The van der Waals surface area contributed by atoms with E-state index in [-0.39, 0.29) is 12.5 Å². The topological polar surface area (TPSA) is 68.1 Å². The summed E-state index contributed by atoms with van der Waals surface area (Å²) in [5, 5.41) is 1.02. The van der Waals surface area contributed by atoms with Crippen LogP contribution in [0.5, 0.6) is 0 Å². The first-order chi connectivity index (χ1) is 7.77. The molecule has 3 N–H and O–H groups in total. The molecule has 0 bridgehead atoms. The summed E-state index contributed by atoms with van der Waals surface area (Å²) in [6, 6.07) is 7.71. The summed E-state index contributed by atoms with van der Waals surface area (Å²) in [5.41, 5.74) is 7.54. The summed E-state index contributed by atoms with van der Waals surface area (Å²) in [7, 11) is 1.38. The van der Waals surface area contributed by atoms with Crippen LogP contribution in [0, 0.1) is 0 Å². The van der Waals surface area contributed by atoms with E-state index >= 15 is 0 Å². The first kappa shape index (κ1) is 10.7. The first-order valence-electron chi connectivity index (χ1n) is 5.12. The van der Waals surface area contributed by atoms with E-state index in [4.69, 9.17) is 10.5 Å². The Labute approximate surface area is 93.4 Å². The van der Waals surface area contributed by atoms with Crippen molar-refractivity contribution in [2.45, 2.75) is 5.92 Å². The van der Waals surface area contributed by atoms with Crippen LogP contribution in [-0.2, 0) is 9.53 Å². The van der Waals surface area contributed by atoms with Gasteiger partial charge in [-0.3, -0.25) is 4.79 Å². The van der Waals surface area contributed by atoms with Crippen LogP contribution in [0.1, 0.15) is 11.5 Å². The summed E-state index contributed by atoms with van der Waals surface area (Å²) in [6.45, 7) is 0.247. The second-order valence-electron chi connectivity index (χ2n) is 3.60. The van der Waals surface area contributed by atoms with Gasteiger partial charge in [0, 0.05) is 23.6 Å². The minimum atomic E-state index is -0.399. The molecule has 0 spiro atoms. The average molecular weight is 218 g/mol. The van der Waals surface area contributed by atoms with Crippen LogP contribution < -0.4 is 5.73 Å². The van der Waals surface area contributed by atoms with Gasteiger partial charge in [0.05, 0.1) is 13.0 Å². The van der Waals surface area contributed by atoms with Crippen molar-refractivity contribution < 1.29 is 9.53 Å². The molecule has 0 aliphatic heterocycles. The molecule has 0 aliphatic rings. The number of aromatic nitrogens is 1. The minimum Gasteiger partial charge on any atom is -0.469 e. The van der Waals surface area contributed by atoms with E-state index in [2.05, 4.69) is 4.98 Å². The number of aromatic amines is 1. The highest BCUT2D eigenvalue weighted by molar-refractivity contribution is 5.89.